The molecule has 0 unspecified atom stereocenters. The van der Waals surface area contributed by atoms with Gasteiger partial charge in [0.25, 0.3) is 0 Å². The first-order valence-corrected chi connectivity index (χ1v) is 9.15. The number of amides is 1. The molecule has 0 N–H and O–H groups in total. The smallest absolute Gasteiger partial charge is 0.245 e. The Labute approximate surface area is 136 Å². The van der Waals surface area contributed by atoms with Crippen molar-refractivity contribution in [2.24, 2.45) is 17.8 Å². The summed E-state index contributed by atoms with van der Waals surface area (Å²) >= 11 is 0. The molecule has 2 heteroatoms. The Hall–Kier alpha value is -1.05. The molecule has 0 radical (unpaired) electrons. The minimum absolute atomic E-state index is 0.0752. The van der Waals surface area contributed by atoms with Crippen molar-refractivity contribution in [3.63, 3.8) is 0 Å². The second kappa shape index (κ2) is 8.55. The van der Waals surface area contributed by atoms with Crippen LogP contribution in [-0.4, -0.2) is 23.9 Å². The van der Waals surface area contributed by atoms with E-state index in [-0.39, 0.29) is 5.91 Å². The molecule has 124 valence electrons. The second-order valence-corrected chi connectivity index (χ2v) is 7.37. The molecule has 0 aliphatic heterocycles. The number of rotatable bonds is 6. The van der Waals surface area contributed by atoms with Gasteiger partial charge in [0.1, 0.15) is 0 Å². The van der Waals surface area contributed by atoms with Crippen molar-refractivity contribution < 1.29 is 4.79 Å². The summed E-state index contributed by atoms with van der Waals surface area (Å²) in [6.45, 7) is 7.43. The maximum atomic E-state index is 11.7. The van der Waals surface area contributed by atoms with E-state index in [1.165, 1.54) is 70.3 Å². The van der Waals surface area contributed by atoms with Crippen LogP contribution in [0.25, 0.3) is 0 Å². The molecule has 2 saturated carbocycles. The molecule has 2 aliphatic rings. The first-order valence-electron chi connectivity index (χ1n) is 9.15. The van der Waals surface area contributed by atoms with Crippen LogP contribution in [0.15, 0.2) is 25.3 Å². The highest BCUT2D eigenvalue weighted by Gasteiger charge is 2.32. The molecule has 22 heavy (non-hydrogen) atoms. The molecule has 2 rings (SSSR count). The van der Waals surface area contributed by atoms with Crippen molar-refractivity contribution in [1.29, 1.82) is 0 Å². The molecule has 2 fully saturated rings. The van der Waals surface area contributed by atoms with Gasteiger partial charge in [0.2, 0.25) is 5.91 Å². The molecule has 0 saturated heterocycles. The van der Waals surface area contributed by atoms with Crippen molar-refractivity contribution in [2.75, 3.05) is 7.05 Å². The van der Waals surface area contributed by atoms with Gasteiger partial charge in [-0.2, -0.15) is 0 Å². The number of hydrogen-bond donors (Lipinski definition) is 0. The summed E-state index contributed by atoms with van der Waals surface area (Å²) in [6.07, 6.45) is 16.7. The zero-order valence-corrected chi connectivity index (χ0v) is 14.3. The van der Waals surface area contributed by atoms with Gasteiger partial charge in [0, 0.05) is 13.1 Å². The fourth-order valence-corrected chi connectivity index (χ4v) is 4.59. The maximum Gasteiger partial charge on any atom is 0.245 e. The van der Waals surface area contributed by atoms with Gasteiger partial charge >= 0.3 is 0 Å². The maximum absolute atomic E-state index is 11.7. The number of carbonyl (C=O) groups excluding carboxylic acids is 1. The topological polar surface area (TPSA) is 20.3 Å². The van der Waals surface area contributed by atoms with Crippen LogP contribution in [0.2, 0.25) is 0 Å². The normalized spacial score (nSPS) is 32.2. The molecule has 0 aromatic heterocycles. The monoisotopic (exact) mass is 303 g/mol. The Morgan fingerprint density at radius 2 is 1.55 bits per heavy atom. The van der Waals surface area contributed by atoms with Gasteiger partial charge in [0.15, 0.2) is 0 Å². The van der Waals surface area contributed by atoms with E-state index in [4.69, 9.17) is 0 Å². The standard InChI is InChI=1S/C20H33NO/c1-4-6-7-16-8-10-17(11-9-16)18-12-14-19(15-13-18)21(3)20(22)5-2/h4-5,16-19H,1-2,6-15H2,3H3. The third kappa shape index (κ3) is 4.47. The minimum Gasteiger partial charge on any atom is -0.339 e. The largest absolute Gasteiger partial charge is 0.339 e. The van der Waals surface area contributed by atoms with Crippen LogP contribution in [0.3, 0.4) is 0 Å². The summed E-state index contributed by atoms with van der Waals surface area (Å²) in [6, 6.07) is 0.436. The van der Waals surface area contributed by atoms with E-state index >= 15 is 0 Å². The zero-order valence-electron chi connectivity index (χ0n) is 14.3. The minimum atomic E-state index is 0.0752. The van der Waals surface area contributed by atoms with Crippen molar-refractivity contribution in [3.05, 3.63) is 25.3 Å². The predicted molar refractivity (Wildman–Crippen MR) is 93.6 cm³/mol. The number of hydrogen-bond acceptors (Lipinski definition) is 1. The van der Waals surface area contributed by atoms with Gasteiger partial charge < -0.3 is 4.90 Å². The van der Waals surface area contributed by atoms with E-state index in [2.05, 4.69) is 19.2 Å². The Kier molecular flexibility index (Phi) is 6.72. The van der Waals surface area contributed by atoms with Gasteiger partial charge in [-0.3, -0.25) is 4.79 Å². The SMILES string of the molecule is C=CCCC1CCC(C2CCC(N(C)C(=O)C=C)CC2)CC1. The third-order valence-electron chi connectivity index (χ3n) is 6.15. The number of likely N-dealkylation sites (N-methyl/N-ethyl adjacent to an activating group) is 1. The van der Waals surface area contributed by atoms with E-state index in [9.17, 15) is 4.79 Å². The van der Waals surface area contributed by atoms with E-state index in [0.717, 1.165) is 17.8 Å². The van der Waals surface area contributed by atoms with Gasteiger partial charge in [0.05, 0.1) is 0 Å². The van der Waals surface area contributed by atoms with Gasteiger partial charge in [-0.25, -0.2) is 0 Å². The van der Waals surface area contributed by atoms with Crippen LogP contribution in [0.5, 0.6) is 0 Å². The van der Waals surface area contributed by atoms with Crippen LogP contribution in [0, 0.1) is 17.8 Å². The third-order valence-corrected chi connectivity index (χ3v) is 6.15. The summed E-state index contributed by atoms with van der Waals surface area (Å²) in [5.41, 5.74) is 0. The summed E-state index contributed by atoms with van der Waals surface area (Å²) in [4.78, 5) is 13.6. The Morgan fingerprint density at radius 1 is 1.00 bits per heavy atom. The average molecular weight is 303 g/mol. The highest BCUT2D eigenvalue weighted by molar-refractivity contribution is 5.87. The molecule has 0 spiro atoms. The van der Waals surface area contributed by atoms with Crippen LogP contribution in [0.1, 0.15) is 64.2 Å². The summed E-state index contributed by atoms with van der Waals surface area (Å²) < 4.78 is 0. The molecule has 0 aromatic rings. The molecule has 1 amide bonds. The fourth-order valence-electron chi connectivity index (χ4n) is 4.59. The molecular weight excluding hydrogens is 270 g/mol. The summed E-state index contributed by atoms with van der Waals surface area (Å²) in [5, 5.41) is 0. The summed E-state index contributed by atoms with van der Waals surface area (Å²) in [5.74, 6) is 2.87. The van der Waals surface area contributed by atoms with Crippen molar-refractivity contribution in [2.45, 2.75) is 70.3 Å². The Morgan fingerprint density at radius 3 is 2.05 bits per heavy atom. The molecular formula is C20H33NO. The molecule has 2 aliphatic carbocycles. The lowest BCUT2D eigenvalue weighted by molar-refractivity contribution is -0.127. The molecule has 0 bridgehead atoms. The Balaban J connectivity index is 1.72. The van der Waals surface area contributed by atoms with E-state index in [1.807, 2.05) is 11.9 Å². The predicted octanol–water partition coefficient (Wildman–Crippen LogP) is 4.96. The summed E-state index contributed by atoms with van der Waals surface area (Å²) in [7, 11) is 1.93. The van der Waals surface area contributed by atoms with E-state index < -0.39 is 0 Å². The van der Waals surface area contributed by atoms with Crippen LogP contribution >= 0.6 is 0 Å². The highest BCUT2D eigenvalue weighted by atomic mass is 16.2. The number of allylic oxidation sites excluding steroid dienone is 1. The quantitative estimate of drug-likeness (QED) is 0.501. The molecule has 0 aromatic carbocycles. The Bertz CT molecular complexity index is 373. The van der Waals surface area contributed by atoms with Gasteiger partial charge in [-0.1, -0.05) is 25.5 Å². The lowest BCUT2D eigenvalue weighted by Gasteiger charge is -2.40. The van der Waals surface area contributed by atoms with Crippen LogP contribution in [0.4, 0.5) is 0 Å². The fraction of sp³-hybridized carbons (Fsp3) is 0.750. The van der Waals surface area contributed by atoms with Crippen molar-refractivity contribution in [1.82, 2.24) is 4.90 Å². The van der Waals surface area contributed by atoms with E-state index in [1.54, 1.807) is 0 Å². The first kappa shape index (κ1) is 17.3. The van der Waals surface area contributed by atoms with Crippen molar-refractivity contribution in [3.8, 4) is 0 Å². The van der Waals surface area contributed by atoms with Gasteiger partial charge in [-0.05, 0) is 75.2 Å². The van der Waals surface area contributed by atoms with Crippen LogP contribution < -0.4 is 0 Å². The lowest BCUT2D eigenvalue weighted by Crippen LogP contribution is -2.39. The number of carbonyl (C=O) groups is 1. The van der Waals surface area contributed by atoms with Crippen molar-refractivity contribution >= 4 is 5.91 Å². The molecule has 0 heterocycles. The molecule has 0 atom stereocenters. The first-order chi connectivity index (χ1) is 10.7. The van der Waals surface area contributed by atoms with Gasteiger partial charge in [-0.15, -0.1) is 6.58 Å². The van der Waals surface area contributed by atoms with Crippen LogP contribution in [-0.2, 0) is 4.79 Å². The number of nitrogens with zero attached hydrogens (tertiary/aromatic N) is 1. The lowest BCUT2D eigenvalue weighted by atomic mass is 9.69. The second-order valence-electron chi connectivity index (χ2n) is 7.37. The average Bonchev–Trinajstić information content (AvgIpc) is 2.59. The molecule has 2 nitrogen and oxygen atoms in total. The van der Waals surface area contributed by atoms with E-state index in [0.29, 0.717) is 6.04 Å². The zero-order chi connectivity index (χ0) is 15.9. The highest BCUT2D eigenvalue weighted by Crippen LogP contribution is 2.41.